The zero-order chi connectivity index (χ0) is 7.53. The number of aromatic nitrogens is 1. The largest absolute Gasteiger partial charge is 0.249 e. The molecule has 4 rings (SSSR count). The van der Waals surface area contributed by atoms with Crippen molar-refractivity contribution in [3.05, 3.63) is 16.6 Å². The number of nitrogens with zero attached hydrogens (tertiary/aromatic N) is 1. The molecule has 0 aliphatic heterocycles. The second-order valence-corrected chi connectivity index (χ2v) is 5.35. The van der Waals surface area contributed by atoms with E-state index in [1.807, 2.05) is 17.5 Å². The van der Waals surface area contributed by atoms with Gasteiger partial charge in [-0.15, -0.1) is 11.3 Å². The van der Waals surface area contributed by atoms with E-state index >= 15 is 0 Å². The van der Waals surface area contributed by atoms with Crippen molar-refractivity contribution in [2.24, 2.45) is 5.41 Å². The van der Waals surface area contributed by atoms with Crippen LogP contribution < -0.4 is 0 Å². The fourth-order valence-corrected chi connectivity index (χ4v) is 3.85. The van der Waals surface area contributed by atoms with Crippen LogP contribution >= 0.6 is 11.3 Å². The molecule has 1 aromatic heterocycles. The van der Waals surface area contributed by atoms with Gasteiger partial charge < -0.3 is 0 Å². The van der Waals surface area contributed by atoms with Gasteiger partial charge in [0, 0.05) is 17.0 Å². The summed E-state index contributed by atoms with van der Waals surface area (Å²) < 4.78 is 0. The lowest BCUT2D eigenvalue weighted by Gasteiger charge is -2.68. The predicted molar refractivity (Wildman–Crippen MR) is 45.8 cm³/mol. The molecule has 3 saturated carbocycles. The fourth-order valence-electron chi connectivity index (χ4n) is 3.01. The SMILES string of the molecule is CC12CC(c3nccs3)(C1)C2. The Labute approximate surface area is 70.5 Å². The summed E-state index contributed by atoms with van der Waals surface area (Å²) in [7, 11) is 0. The first-order valence-electron chi connectivity index (χ1n) is 4.13. The van der Waals surface area contributed by atoms with E-state index in [-0.39, 0.29) is 0 Å². The Morgan fingerprint density at radius 1 is 1.45 bits per heavy atom. The van der Waals surface area contributed by atoms with Gasteiger partial charge in [0.1, 0.15) is 0 Å². The Morgan fingerprint density at radius 3 is 2.64 bits per heavy atom. The molecule has 2 bridgehead atoms. The monoisotopic (exact) mass is 165 g/mol. The molecule has 0 unspecified atom stereocenters. The lowest BCUT2D eigenvalue weighted by molar-refractivity contribution is -0.125. The van der Waals surface area contributed by atoms with E-state index in [1.165, 1.54) is 24.3 Å². The van der Waals surface area contributed by atoms with E-state index in [0.29, 0.717) is 10.8 Å². The van der Waals surface area contributed by atoms with Gasteiger partial charge in [0.15, 0.2) is 0 Å². The van der Waals surface area contributed by atoms with Crippen molar-refractivity contribution in [1.82, 2.24) is 4.98 Å². The Morgan fingerprint density at radius 2 is 2.18 bits per heavy atom. The second-order valence-electron chi connectivity index (χ2n) is 4.46. The van der Waals surface area contributed by atoms with Crippen LogP contribution in [0.3, 0.4) is 0 Å². The summed E-state index contributed by atoms with van der Waals surface area (Å²) in [4.78, 5) is 4.40. The molecule has 1 nitrogen and oxygen atoms in total. The van der Waals surface area contributed by atoms with Crippen LogP contribution in [0.2, 0.25) is 0 Å². The van der Waals surface area contributed by atoms with Gasteiger partial charge in [-0.05, 0) is 24.7 Å². The first kappa shape index (κ1) is 6.18. The van der Waals surface area contributed by atoms with Crippen LogP contribution in [-0.4, -0.2) is 4.98 Å². The molecule has 1 aromatic rings. The number of hydrogen-bond acceptors (Lipinski definition) is 2. The average Bonchev–Trinajstić information content (AvgIpc) is 2.28. The van der Waals surface area contributed by atoms with Crippen LogP contribution in [0.5, 0.6) is 0 Å². The molecule has 1 heterocycles. The molecular weight excluding hydrogens is 154 g/mol. The third-order valence-corrected chi connectivity index (χ3v) is 4.20. The van der Waals surface area contributed by atoms with E-state index in [2.05, 4.69) is 17.3 Å². The van der Waals surface area contributed by atoms with E-state index in [4.69, 9.17) is 0 Å². The zero-order valence-corrected chi connectivity index (χ0v) is 7.45. The molecule has 58 valence electrons. The first-order chi connectivity index (χ1) is 5.23. The molecule has 11 heavy (non-hydrogen) atoms. The standard InChI is InChI=1S/C9H11NS/c1-8-4-9(5-8,6-8)7-10-2-3-11-7/h2-3H,4-6H2,1H3. The summed E-state index contributed by atoms with van der Waals surface area (Å²) in [5.41, 5.74) is 1.27. The molecule has 0 N–H and O–H groups in total. The summed E-state index contributed by atoms with van der Waals surface area (Å²) >= 11 is 1.83. The minimum atomic E-state index is 0.558. The first-order valence-corrected chi connectivity index (χ1v) is 5.01. The van der Waals surface area contributed by atoms with Gasteiger partial charge in [-0.1, -0.05) is 6.92 Å². The molecule has 0 spiro atoms. The van der Waals surface area contributed by atoms with Gasteiger partial charge >= 0.3 is 0 Å². The summed E-state index contributed by atoms with van der Waals surface area (Å²) in [5.74, 6) is 0. The lowest BCUT2D eigenvalue weighted by atomic mass is 9.36. The Hall–Kier alpha value is -0.370. The molecule has 0 atom stereocenters. The zero-order valence-electron chi connectivity index (χ0n) is 6.63. The summed E-state index contributed by atoms with van der Waals surface area (Å²) in [6.07, 6.45) is 6.12. The summed E-state index contributed by atoms with van der Waals surface area (Å²) in [5, 5.41) is 3.49. The molecule has 0 saturated heterocycles. The van der Waals surface area contributed by atoms with Crippen LogP contribution in [-0.2, 0) is 5.41 Å². The van der Waals surface area contributed by atoms with E-state index in [0.717, 1.165) is 0 Å². The Balaban J connectivity index is 1.94. The molecule has 3 aliphatic rings. The van der Waals surface area contributed by atoms with Crippen LogP contribution in [0, 0.1) is 5.41 Å². The number of hydrogen-bond donors (Lipinski definition) is 0. The molecule has 0 aromatic carbocycles. The summed E-state index contributed by atoms with van der Waals surface area (Å²) in [6, 6.07) is 0. The van der Waals surface area contributed by atoms with E-state index in [1.54, 1.807) is 0 Å². The average molecular weight is 165 g/mol. The van der Waals surface area contributed by atoms with Gasteiger partial charge in [-0.2, -0.15) is 0 Å². The van der Waals surface area contributed by atoms with Crippen LogP contribution in [0.1, 0.15) is 31.2 Å². The maximum atomic E-state index is 4.40. The molecule has 3 aliphatic carbocycles. The highest BCUT2D eigenvalue weighted by Crippen LogP contribution is 2.73. The fraction of sp³-hybridized carbons (Fsp3) is 0.667. The lowest BCUT2D eigenvalue weighted by Crippen LogP contribution is -2.62. The van der Waals surface area contributed by atoms with Crippen molar-refractivity contribution < 1.29 is 0 Å². The second kappa shape index (κ2) is 1.53. The van der Waals surface area contributed by atoms with Crippen molar-refractivity contribution in [1.29, 1.82) is 0 Å². The van der Waals surface area contributed by atoms with Gasteiger partial charge in [0.25, 0.3) is 0 Å². The number of thiazole rings is 1. The molecule has 0 radical (unpaired) electrons. The van der Waals surface area contributed by atoms with Crippen LogP contribution in [0.25, 0.3) is 0 Å². The molecule has 2 heteroatoms. The highest BCUT2D eigenvalue weighted by atomic mass is 32.1. The van der Waals surface area contributed by atoms with Crippen molar-refractivity contribution in [3.63, 3.8) is 0 Å². The van der Waals surface area contributed by atoms with Crippen LogP contribution in [0.15, 0.2) is 11.6 Å². The normalized spacial score (nSPS) is 46.3. The smallest absolute Gasteiger partial charge is 0.0987 e. The van der Waals surface area contributed by atoms with Crippen molar-refractivity contribution in [3.8, 4) is 0 Å². The third kappa shape index (κ3) is 0.598. The minimum Gasteiger partial charge on any atom is -0.249 e. The van der Waals surface area contributed by atoms with Gasteiger partial charge in [0.05, 0.1) is 5.01 Å². The van der Waals surface area contributed by atoms with Gasteiger partial charge in [0.2, 0.25) is 0 Å². The van der Waals surface area contributed by atoms with Crippen molar-refractivity contribution in [2.75, 3.05) is 0 Å². The van der Waals surface area contributed by atoms with Gasteiger partial charge in [-0.25, -0.2) is 4.98 Å². The molecule has 0 amide bonds. The van der Waals surface area contributed by atoms with E-state index < -0.39 is 0 Å². The Bertz CT molecular complexity index is 269. The van der Waals surface area contributed by atoms with Crippen molar-refractivity contribution >= 4 is 11.3 Å². The highest BCUT2D eigenvalue weighted by Gasteiger charge is 2.66. The van der Waals surface area contributed by atoms with Gasteiger partial charge in [-0.3, -0.25) is 0 Å². The highest BCUT2D eigenvalue weighted by molar-refractivity contribution is 7.09. The number of rotatable bonds is 1. The predicted octanol–water partition coefficient (Wildman–Crippen LogP) is 2.58. The topological polar surface area (TPSA) is 12.9 Å². The Kier molecular flexibility index (Phi) is 0.861. The van der Waals surface area contributed by atoms with Crippen LogP contribution in [0.4, 0.5) is 0 Å². The van der Waals surface area contributed by atoms with Crippen molar-refractivity contribution in [2.45, 2.75) is 31.6 Å². The molecule has 3 fully saturated rings. The molecular formula is C9H11NS. The summed E-state index contributed by atoms with van der Waals surface area (Å²) in [6.45, 7) is 2.39. The quantitative estimate of drug-likeness (QED) is 0.623. The third-order valence-electron chi connectivity index (χ3n) is 3.18. The minimum absolute atomic E-state index is 0.558. The van der Waals surface area contributed by atoms with E-state index in [9.17, 15) is 0 Å². The maximum Gasteiger partial charge on any atom is 0.0987 e. The maximum absolute atomic E-state index is 4.40.